The molecule has 1 fully saturated rings. The van der Waals surface area contributed by atoms with Gasteiger partial charge in [-0.3, -0.25) is 0 Å². The van der Waals surface area contributed by atoms with E-state index in [2.05, 4.69) is 27.7 Å². The van der Waals surface area contributed by atoms with Gasteiger partial charge in [0.2, 0.25) is 0 Å². The van der Waals surface area contributed by atoms with Crippen molar-refractivity contribution in [1.29, 1.82) is 0 Å². The minimum Gasteiger partial charge on any atom is -0.358 e. The van der Waals surface area contributed by atoms with E-state index < -0.39 is 0 Å². The maximum absolute atomic E-state index is 6.73. The van der Waals surface area contributed by atoms with Crippen LogP contribution in [0.3, 0.4) is 0 Å². The van der Waals surface area contributed by atoms with Crippen molar-refractivity contribution in [2.24, 2.45) is 5.73 Å². The summed E-state index contributed by atoms with van der Waals surface area (Å²) in [4.78, 5) is 6.21. The summed E-state index contributed by atoms with van der Waals surface area (Å²) < 4.78 is 6.15. The van der Waals surface area contributed by atoms with Gasteiger partial charge in [-0.2, -0.15) is 0 Å². The van der Waals surface area contributed by atoms with Crippen molar-refractivity contribution < 1.29 is 4.74 Å². The van der Waals surface area contributed by atoms with Gasteiger partial charge >= 0.3 is 0 Å². The highest BCUT2D eigenvalue weighted by Gasteiger charge is 2.48. The Morgan fingerprint density at radius 2 is 1.60 bits per heavy atom. The number of ether oxygens (including phenoxy) is 1. The van der Waals surface area contributed by atoms with Crippen molar-refractivity contribution in [2.75, 3.05) is 0 Å². The number of thiazole rings is 1. The first kappa shape index (κ1) is 14.5. The molecule has 0 bridgehead atoms. The number of hydrogen-bond donors (Lipinski definition) is 1. The van der Waals surface area contributed by atoms with E-state index in [1.54, 1.807) is 11.3 Å². The Morgan fingerprint density at radius 1 is 1.00 bits per heavy atom. The second-order valence-electron chi connectivity index (χ2n) is 7.39. The van der Waals surface area contributed by atoms with Crippen molar-refractivity contribution in [3.05, 3.63) is 15.6 Å². The van der Waals surface area contributed by atoms with Crippen LogP contribution in [0.4, 0.5) is 0 Å². The van der Waals surface area contributed by atoms with E-state index in [1.165, 1.54) is 30.6 Å². The van der Waals surface area contributed by atoms with Crippen LogP contribution in [0.1, 0.15) is 81.8 Å². The monoisotopic (exact) mass is 294 g/mol. The average Bonchev–Trinajstić information content (AvgIpc) is 2.77. The average molecular weight is 294 g/mol. The molecule has 4 heteroatoms. The second kappa shape index (κ2) is 4.52. The Bertz CT molecular complexity index is 479. The summed E-state index contributed by atoms with van der Waals surface area (Å²) in [5.41, 5.74) is 7.09. The topological polar surface area (TPSA) is 48.1 Å². The summed E-state index contributed by atoms with van der Waals surface area (Å²) >= 11 is 1.78. The van der Waals surface area contributed by atoms with Gasteiger partial charge in [-0.25, -0.2) is 4.98 Å². The molecule has 3 rings (SSSR count). The van der Waals surface area contributed by atoms with E-state index in [1.807, 2.05) is 0 Å². The number of aromatic nitrogens is 1. The van der Waals surface area contributed by atoms with E-state index in [-0.39, 0.29) is 16.7 Å². The molecule has 20 heavy (non-hydrogen) atoms. The molecule has 1 aromatic rings. The van der Waals surface area contributed by atoms with Crippen molar-refractivity contribution in [3.63, 3.8) is 0 Å². The van der Waals surface area contributed by atoms with Crippen LogP contribution < -0.4 is 5.73 Å². The van der Waals surface area contributed by atoms with Gasteiger partial charge in [-0.05, 0) is 40.5 Å². The zero-order valence-electron chi connectivity index (χ0n) is 13.1. The molecule has 0 spiro atoms. The number of fused-ring (bicyclic) bond motifs is 1. The molecule has 2 aliphatic rings. The molecule has 1 saturated carbocycles. The van der Waals surface area contributed by atoms with Crippen molar-refractivity contribution in [2.45, 2.75) is 83.0 Å². The third-order valence-electron chi connectivity index (χ3n) is 4.68. The minimum absolute atomic E-state index is 0.211. The first-order valence-electron chi connectivity index (χ1n) is 7.76. The van der Waals surface area contributed by atoms with Gasteiger partial charge in [0, 0.05) is 0 Å². The molecule has 0 aromatic carbocycles. The van der Waals surface area contributed by atoms with Gasteiger partial charge in [-0.1, -0.05) is 25.7 Å². The molecule has 0 unspecified atom stereocenters. The van der Waals surface area contributed by atoms with E-state index >= 15 is 0 Å². The van der Waals surface area contributed by atoms with Crippen LogP contribution >= 0.6 is 11.3 Å². The highest BCUT2D eigenvalue weighted by Crippen LogP contribution is 2.51. The molecule has 0 atom stereocenters. The summed E-state index contributed by atoms with van der Waals surface area (Å²) in [5, 5.41) is 1.13. The molecule has 1 aromatic heterocycles. The van der Waals surface area contributed by atoms with Gasteiger partial charge in [0.05, 0.1) is 21.7 Å². The molecule has 2 heterocycles. The Balaban J connectivity index is 2.02. The first-order valence-corrected chi connectivity index (χ1v) is 8.58. The normalized spacial score (nSPS) is 27.1. The summed E-state index contributed by atoms with van der Waals surface area (Å²) in [7, 11) is 0. The molecular weight excluding hydrogens is 268 g/mol. The fourth-order valence-corrected chi connectivity index (χ4v) is 5.07. The maximum atomic E-state index is 6.73. The molecule has 3 nitrogen and oxygen atoms in total. The summed E-state index contributed by atoms with van der Waals surface area (Å²) in [6.07, 6.45) is 7.21. The lowest BCUT2D eigenvalue weighted by molar-refractivity contribution is -0.105. The minimum atomic E-state index is -0.297. The highest BCUT2D eigenvalue weighted by molar-refractivity contribution is 7.12. The fourth-order valence-electron chi connectivity index (χ4n) is 3.66. The Hall–Kier alpha value is -0.450. The smallest absolute Gasteiger partial charge is 0.113 e. The number of hydrogen-bond acceptors (Lipinski definition) is 4. The maximum Gasteiger partial charge on any atom is 0.113 e. The van der Waals surface area contributed by atoms with Gasteiger partial charge in [-0.15, -0.1) is 11.3 Å². The fraction of sp³-hybridized carbons (Fsp3) is 0.812. The van der Waals surface area contributed by atoms with Gasteiger partial charge in [0.1, 0.15) is 10.6 Å². The number of nitrogens with two attached hydrogens (primary N) is 1. The Kier molecular flexibility index (Phi) is 3.27. The van der Waals surface area contributed by atoms with Crippen molar-refractivity contribution in [3.8, 4) is 0 Å². The standard InChI is InChI=1S/C16H26N2OS/c1-14(2)11-12(15(3,4)19-14)20-13(18-11)16(17)9-7-5-6-8-10-16/h5-10,17H2,1-4H3. The summed E-state index contributed by atoms with van der Waals surface area (Å²) in [5.74, 6) is 0. The van der Waals surface area contributed by atoms with Gasteiger partial charge < -0.3 is 10.5 Å². The lowest BCUT2D eigenvalue weighted by Crippen LogP contribution is -2.36. The molecule has 0 amide bonds. The second-order valence-corrected chi connectivity index (χ2v) is 8.39. The van der Waals surface area contributed by atoms with E-state index in [4.69, 9.17) is 15.5 Å². The van der Waals surface area contributed by atoms with Crippen LogP contribution in [0.25, 0.3) is 0 Å². The Labute approximate surface area is 125 Å². The lowest BCUT2D eigenvalue weighted by Gasteiger charge is -2.28. The number of rotatable bonds is 1. The van der Waals surface area contributed by atoms with E-state index in [0.717, 1.165) is 23.5 Å². The molecular formula is C16H26N2OS. The first-order chi connectivity index (χ1) is 9.25. The predicted molar refractivity (Wildman–Crippen MR) is 82.8 cm³/mol. The largest absolute Gasteiger partial charge is 0.358 e. The van der Waals surface area contributed by atoms with Gasteiger partial charge in [0.15, 0.2) is 0 Å². The predicted octanol–water partition coefficient (Wildman–Crippen LogP) is 4.15. The summed E-state index contributed by atoms with van der Waals surface area (Å²) in [6.45, 7) is 8.50. The number of nitrogens with zero attached hydrogens (tertiary/aromatic N) is 1. The van der Waals surface area contributed by atoms with E-state index in [9.17, 15) is 0 Å². The molecule has 112 valence electrons. The van der Waals surface area contributed by atoms with Gasteiger partial charge in [0.25, 0.3) is 0 Å². The molecule has 1 aliphatic carbocycles. The third-order valence-corrected chi connectivity index (χ3v) is 6.26. The zero-order valence-corrected chi connectivity index (χ0v) is 13.9. The van der Waals surface area contributed by atoms with Crippen molar-refractivity contribution >= 4 is 11.3 Å². The third kappa shape index (κ3) is 2.22. The summed E-state index contributed by atoms with van der Waals surface area (Å²) in [6, 6.07) is 0. The SMILES string of the molecule is CC1(C)OC(C)(C)c2sc(C3(N)CCCCCC3)nc21. The highest BCUT2D eigenvalue weighted by atomic mass is 32.1. The van der Waals surface area contributed by atoms with Crippen LogP contribution in [0.2, 0.25) is 0 Å². The molecule has 0 radical (unpaired) electrons. The van der Waals surface area contributed by atoms with Crippen LogP contribution in [0, 0.1) is 0 Å². The molecule has 1 aliphatic heterocycles. The van der Waals surface area contributed by atoms with Crippen molar-refractivity contribution in [1.82, 2.24) is 4.98 Å². The quantitative estimate of drug-likeness (QED) is 0.791. The van der Waals surface area contributed by atoms with E-state index in [0.29, 0.717) is 0 Å². The van der Waals surface area contributed by atoms with Crippen LogP contribution in [0.15, 0.2) is 0 Å². The van der Waals surface area contributed by atoms with Crippen LogP contribution in [-0.4, -0.2) is 4.98 Å². The molecule has 0 saturated heterocycles. The lowest BCUT2D eigenvalue weighted by atomic mass is 9.92. The Morgan fingerprint density at radius 3 is 2.15 bits per heavy atom. The molecule has 2 N–H and O–H groups in total. The van der Waals surface area contributed by atoms with Crippen LogP contribution in [0.5, 0.6) is 0 Å². The van der Waals surface area contributed by atoms with Crippen LogP contribution in [-0.2, 0) is 21.5 Å². The zero-order chi connectivity index (χ0) is 14.6.